The molecule has 0 saturated carbocycles. The molecule has 0 aliphatic carbocycles. The molecule has 2 unspecified atom stereocenters. The van der Waals surface area contributed by atoms with Crippen LogP contribution in [0.15, 0.2) is 42.9 Å². The van der Waals surface area contributed by atoms with Crippen LogP contribution < -0.4 is 5.32 Å². The van der Waals surface area contributed by atoms with Crippen LogP contribution in [0, 0.1) is 0 Å². The Morgan fingerprint density at radius 1 is 1.26 bits per heavy atom. The first-order valence-electron chi connectivity index (χ1n) is 9.62. The number of anilines is 1. The van der Waals surface area contributed by atoms with Gasteiger partial charge in [-0.1, -0.05) is 19.1 Å². The average molecular weight is 560 g/mol. The number of hydrogen-bond donors (Lipinski definition) is 2. The predicted octanol–water partition coefficient (Wildman–Crippen LogP) is 3.54. The van der Waals surface area contributed by atoms with Crippen molar-refractivity contribution in [2.24, 2.45) is 0 Å². The first kappa shape index (κ1) is 26.8. The summed E-state index contributed by atoms with van der Waals surface area (Å²) in [6, 6.07) is 8.23. The normalized spacial score (nSPS) is 17.8. The number of likely N-dealkylation sites (tertiary alicyclic amines) is 1. The molecular weight excluding hydrogens is 532 g/mol. The third-order valence-electron chi connectivity index (χ3n) is 5.36. The predicted molar refractivity (Wildman–Crippen MR) is 131 cm³/mol. The van der Waals surface area contributed by atoms with Crippen LogP contribution in [-0.2, 0) is 6.54 Å². The zero-order valence-corrected chi connectivity index (χ0v) is 20.6. The number of amides is 1. The topological polar surface area (TPSA) is 128 Å². The van der Waals surface area contributed by atoms with Crippen molar-refractivity contribution in [3.63, 3.8) is 0 Å². The highest BCUT2D eigenvalue weighted by Crippen LogP contribution is 2.26. The SMILES string of the molecule is Br.Br.CCC1CC(Nc2nc3ccccc3n2Cc2cnccn2)CCN1C(=O)O.O. The number of carbonyl (C=O) groups is 1. The summed E-state index contributed by atoms with van der Waals surface area (Å²) < 4.78 is 2.11. The van der Waals surface area contributed by atoms with E-state index < -0.39 is 6.09 Å². The lowest BCUT2D eigenvalue weighted by atomic mass is 9.96. The van der Waals surface area contributed by atoms with E-state index >= 15 is 0 Å². The van der Waals surface area contributed by atoms with Crippen molar-refractivity contribution in [2.45, 2.75) is 44.8 Å². The van der Waals surface area contributed by atoms with Gasteiger partial charge in [0.1, 0.15) is 0 Å². The Hall–Kier alpha value is -2.24. The molecule has 1 fully saturated rings. The van der Waals surface area contributed by atoms with Crippen molar-refractivity contribution in [3.8, 4) is 0 Å². The molecule has 1 saturated heterocycles. The minimum atomic E-state index is -0.833. The number of nitrogens with zero attached hydrogens (tertiary/aromatic N) is 5. The molecule has 9 nitrogen and oxygen atoms in total. The smallest absolute Gasteiger partial charge is 0.407 e. The van der Waals surface area contributed by atoms with Crippen LogP contribution in [0.2, 0.25) is 0 Å². The van der Waals surface area contributed by atoms with Gasteiger partial charge in [-0.25, -0.2) is 9.78 Å². The Morgan fingerprint density at radius 3 is 2.71 bits per heavy atom. The van der Waals surface area contributed by atoms with E-state index in [1.54, 1.807) is 23.5 Å². The number of benzene rings is 1. The first-order chi connectivity index (χ1) is 13.7. The van der Waals surface area contributed by atoms with Crippen molar-refractivity contribution in [1.29, 1.82) is 0 Å². The van der Waals surface area contributed by atoms with Gasteiger partial charge in [0.25, 0.3) is 0 Å². The Morgan fingerprint density at radius 2 is 2.03 bits per heavy atom. The zero-order chi connectivity index (χ0) is 19.5. The van der Waals surface area contributed by atoms with Gasteiger partial charge in [0, 0.05) is 31.0 Å². The third-order valence-corrected chi connectivity index (χ3v) is 5.36. The maximum Gasteiger partial charge on any atom is 0.407 e. The molecule has 0 spiro atoms. The molecule has 2 atom stereocenters. The van der Waals surface area contributed by atoms with Crippen LogP contribution in [0.25, 0.3) is 11.0 Å². The minimum Gasteiger partial charge on any atom is -0.465 e. The monoisotopic (exact) mass is 558 g/mol. The van der Waals surface area contributed by atoms with Gasteiger partial charge in [-0.05, 0) is 31.4 Å². The Kier molecular flexibility index (Phi) is 10.3. The summed E-state index contributed by atoms with van der Waals surface area (Å²) in [5, 5.41) is 13.0. The number of para-hydroxylation sites is 2. The van der Waals surface area contributed by atoms with Crippen LogP contribution >= 0.6 is 34.0 Å². The number of hydrogen-bond acceptors (Lipinski definition) is 5. The van der Waals surface area contributed by atoms with Crippen LogP contribution in [-0.4, -0.2) is 59.7 Å². The number of nitrogens with one attached hydrogen (secondary N) is 1. The van der Waals surface area contributed by atoms with E-state index in [0.717, 1.165) is 41.9 Å². The average Bonchev–Trinajstić information content (AvgIpc) is 3.05. The first-order valence-corrected chi connectivity index (χ1v) is 9.62. The fourth-order valence-electron chi connectivity index (χ4n) is 3.92. The second-order valence-electron chi connectivity index (χ2n) is 7.11. The summed E-state index contributed by atoms with van der Waals surface area (Å²) in [5.41, 5.74) is 2.82. The molecule has 4 rings (SSSR count). The highest BCUT2D eigenvalue weighted by molar-refractivity contribution is 8.93. The lowest BCUT2D eigenvalue weighted by Gasteiger charge is -2.37. The maximum atomic E-state index is 11.4. The molecule has 4 N–H and O–H groups in total. The van der Waals surface area contributed by atoms with Crippen molar-refractivity contribution >= 4 is 57.0 Å². The highest BCUT2D eigenvalue weighted by Gasteiger charge is 2.31. The number of fused-ring (bicyclic) bond motifs is 1. The molecule has 1 aliphatic heterocycles. The number of piperidine rings is 1. The van der Waals surface area contributed by atoms with Crippen molar-refractivity contribution in [3.05, 3.63) is 48.5 Å². The molecule has 31 heavy (non-hydrogen) atoms. The number of aromatic nitrogens is 4. The van der Waals surface area contributed by atoms with E-state index in [9.17, 15) is 9.90 Å². The molecule has 3 heterocycles. The molecule has 0 radical (unpaired) electrons. The lowest BCUT2D eigenvalue weighted by molar-refractivity contribution is 0.102. The van der Waals surface area contributed by atoms with E-state index in [0.29, 0.717) is 13.1 Å². The number of carboxylic acid groups (broad SMARTS) is 1. The summed E-state index contributed by atoms with van der Waals surface area (Å²) in [6.45, 7) is 3.14. The van der Waals surface area contributed by atoms with Gasteiger partial charge in [0.15, 0.2) is 0 Å². The summed E-state index contributed by atoms with van der Waals surface area (Å²) in [6.07, 6.45) is 6.62. The summed E-state index contributed by atoms with van der Waals surface area (Å²) >= 11 is 0. The molecule has 1 aromatic carbocycles. The molecule has 1 aliphatic rings. The van der Waals surface area contributed by atoms with Crippen LogP contribution in [0.5, 0.6) is 0 Å². The van der Waals surface area contributed by atoms with Gasteiger partial charge >= 0.3 is 6.09 Å². The standard InChI is InChI=1S/C20H24N6O2.2BrH.H2O/c1-2-16-11-14(7-10-25(16)20(27)28)23-19-24-17-5-3-4-6-18(17)26(19)13-15-12-21-8-9-22-15;;;/h3-6,8-9,12,14,16H,2,7,10-11,13H2,1H3,(H,23,24)(H,27,28);2*1H;1H2. The fourth-order valence-corrected chi connectivity index (χ4v) is 3.92. The van der Waals surface area contributed by atoms with E-state index in [1.807, 2.05) is 31.2 Å². The maximum absolute atomic E-state index is 11.4. The molecule has 11 heteroatoms. The van der Waals surface area contributed by atoms with E-state index in [-0.39, 0.29) is 51.5 Å². The van der Waals surface area contributed by atoms with E-state index in [2.05, 4.69) is 19.9 Å². The molecular formula is C20H28Br2N6O3. The second kappa shape index (κ2) is 12.0. The van der Waals surface area contributed by atoms with Crippen molar-refractivity contribution in [2.75, 3.05) is 11.9 Å². The van der Waals surface area contributed by atoms with Crippen molar-refractivity contribution in [1.82, 2.24) is 24.4 Å². The van der Waals surface area contributed by atoms with Gasteiger partial charge < -0.3 is 25.4 Å². The summed E-state index contributed by atoms with van der Waals surface area (Å²) in [7, 11) is 0. The van der Waals surface area contributed by atoms with Gasteiger partial charge in [-0.3, -0.25) is 9.97 Å². The van der Waals surface area contributed by atoms with Crippen molar-refractivity contribution < 1.29 is 15.4 Å². The van der Waals surface area contributed by atoms with Gasteiger partial charge in [-0.2, -0.15) is 0 Å². The molecule has 2 aromatic heterocycles. The Bertz CT molecular complexity index is 972. The van der Waals surface area contributed by atoms with Crippen LogP contribution in [0.3, 0.4) is 0 Å². The quantitative estimate of drug-likeness (QED) is 0.492. The molecule has 1 amide bonds. The summed E-state index contributed by atoms with van der Waals surface area (Å²) in [4.78, 5) is 26.3. The summed E-state index contributed by atoms with van der Waals surface area (Å²) in [5.74, 6) is 0.787. The number of imidazole rings is 1. The minimum absolute atomic E-state index is 0. The third kappa shape index (κ3) is 5.92. The van der Waals surface area contributed by atoms with Gasteiger partial charge in [0.2, 0.25) is 5.95 Å². The Balaban J connectivity index is 0.00000160. The van der Waals surface area contributed by atoms with Crippen LogP contribution in [0.4, 0.5) is 10.7 Å². The molecule has 0 bridgehead atoms. The molecule has 3 aromatic rings. The largest absolute Gasteiger partial charge is 0.465 e. The van der Waals surface area contributed by atoms with Gasteiger partial charge in [0.05, 0.1) is 29.5 Å². The molecule has 170 valence electrons. The second-order valence-corrected chi connectivity index (χ2v) is 7.11. The fraction of sp³-hybridized carbons (Fsp3) is 0.400. The Labute approximate surface area is 201 Å². The van der Waals surface area contributed by atoms with E-state index in [4.69, 9.17) is 4.98 Å². The zero-order valence-electron chi connectivity index (χ0n) is 17.1. The van der Waals surface area contributed by atoms with E-state index in [1.165, 1.54) is 0 Å². The van der Waals surface area contributed by atoms with Gasteiger partial charge in [-0.15, -0.1) is 34.0 Å². The number of rotatable bonds is 5. The van der Waals surface area contributed by atoms with Crippen LogP contribution in [0.1, 0.15) is 31.9 Å². The lowest BCUT2D eigenvalue weighted by Crippen LogP contribution is -2.48. The number of halogens is 2. The highest BCUT2D eigenvalue weighted by atomic mass is 79.9.